The lowest BCUT2D eigenvalue weighted by Gasteiger charge is -2.25. The standard InChI is InChI=1S/C9H19BS2/c1-3-5-10-6-9(4-2)7-11-12-8-9/h10H,3-8H2,1-2H3. The van der Waals surface area contributed by atoms with Gasteiger partial charge in [0.25, 0.3) is 0 Å². The molecule has 70 valence electrons. The topological polar surface area (TPSA) is 0 Å². The van der Waals surface area contributed by atoms with Crippen molar-refractivity contribution in [2.75, 3.05) is 11.5 Å². The van der Waals surface area contributed by atoms with Gasteiger partial charge in [-0.3, -0.25) is 0 Å². The van der Waals surface area contributed by atoms with Crippen molar-refractivity contribution in [2.45, 2.75) is 39.3 Å². The summed E-state index contributed by atoms with van der Waals surface area (Å²) in [6, 6.07) is 0. The smallest absolute Gasteiger partial charge is 0.0936 e. The van der Waals surface area contributed by atoms with Crippen molar-refractivity contribution in [2.24, 2.45) is 5.41 Å². The third-order valence-corrected chi connectivity index (χ3v) is 5.71. The van der Waals surface area contributed by atoms with Gasteiger partial charge >= 0.3 is 0 Å². The van der Waals surface area contributed by atoms with Gasteiger partial charge in [-0.05, 0) is 11.8 Å². The van der Waals surface area contributed by atoms with Crippen LogP contribution < -0.4 is 0 Å². The summed E-state index contributed by atoms with van der Waals surface area (Å²) in [4.78, 5) is 0. The zero-order valence-electron chi connectivity index (χ0n) is 8.27. The van der Waals surface area contributed by atoms with E-state index in [0.717, 1.165) is 0 Å². The van der Waals surface area contributed by atoms with Crippen LogP contribution in [0.25, 0.3) is 0 Å². The summed E-state index contributed by atoms with van der Waals surface area (Å²) in [5.74, 6) is 2.80. The van der Waals surface area contributed by atoms with Gasteiger partial charge in [-0.15, -0.1) is 0 Å². The van der Waals surface area contributed by atoms with Gasteiger partial charge in [0.05, 0.1) is 0 Å². The monoisotopic (exact) mass is 202 g/mol. The predicted molar refractivity (Wildman–Crippen MR) is 64.7 cm³/mol. The van der Waals surface area contributed by atoms with Gasteiger partial charge in [0.1, 0.15) is 7.28 Å². The van der Waals surface area contributed by atoms with Crippen LogP contribution in [0.1, 0.15) is 26.7 Å². The normalized spacial score (nSPS) is 21.2. The van der Waals surface area contributed by atoms with Crippen LogP contribution >= 0.6 is 21.6 Å². The van der Waals surface area contributed by atoms with E-state index in [1.165, 1.54) is 44.3 Å². The fourth-order valence-corrected chi connectivity index (χ4v) is 5.35. The summed E-state index contributed by atoms with van der Waals surface area (Å²) >= 11 is 0. The van der Waals surface area contributed by atoms with Crippen molar-refractivity contribution in [3.05, 3.63) is 0 Å². The van der Waals surface area contributed by atoms with Gasteiger partial charge in [-0.25, -0.2) is 0 Å². The first-order chi connectivity index (χ1) is 5.83. The van der Waals surface area contributed by atoms with Gasteiger partial charge in [0.2, 0.25) is 0 Å². The minimum atomic E-state index is 0.713. The molecule has 0 aromatic carbocycles. The minimum absolute atomic E-state index is 0.713. The molecule has 0 spiro atoms. The second-order valence-electron chi connectivity index (χ2n) is 3.84. The van der Waals surface area contributed by atoms with E-state index in [2.05, 4.69) is 35.4 Å². The number of hydrogen-bond donors (Lipinski definition) is 0. The van der Waals surface area contributed by atoms with Crippen LogP contribution in [-0.2, 0) is 0 Å². The van der Waals surface area contributed by atoms with Crippen LogP contribution in [0.3, 0.4) is 0 Å². The maximum atomic E-state index is 2.36. The molecule has 0 atom stereocenters. The van der Waals surface area contributed by atoms with Crippen molar-refractivity contribution < 1.29 is 0 Å². The highest BCUT2D eigenvalue weighted by atomic mass is 33.1. The molecule has 0 N–H and O–H groups in total. The number of hydrogen-bond acceptors (Lipinski definition) is 2. The highest BCUT2D eigenvalue weighted by molar-refractivity contribution is 8.77. The van der Waals surface area contributed by atoms with E-state index in [4.69, 9.17) is 0 Å². The molecule has 0 aromatic heterocycles. The van der Waals surface area contributed by atoms with Crippen LogP contribution in [-0.4, -0.2) is 18.8 Å². The van der Waals surface area contributed by atoms with E-state index in [0.29, 0.717) is 5.41 Å². The molecule has 1 rings (SSSR count). The molecule has 0 radical (unpaired) electrons. The summed E-state index contributed by atoms with van der Waals surface area (Å²) in [6.07, 6.45) is 5.64. The highest BCUT2D eigenvalue weighted by Crippen LogP contribution is 2.47. The van der Waals surface area contributed by atoms with Gasteiger partial charge in [0.15, 0.2) is 0 Å². The lowest BCUT2D eigenvalue weighted by Crippen LogP contribution is -2.23. The Morgan fingerprint density at radius 1 is 1.25 bits per heavy atom. The molecule has 3 heteroatoms. The summed E-state index contributed by atoms with van der Waals surface area (Å²) in [7, 11) is 5.61. The molecular weight excluding hydrogens is 183 g/mol. The molecular formula is C9H19BS2. The zero-order chi connectivity index (χ0) is 8.86. The number of rotatable bonds is 5. The van der Waals surface area contributed by atoms with E-state index in [9.17, 15) is 0 Å². The van der Waals surface area contributed by atoms with Crippen LogP contribution in [0.5, 0.6) is 0 Å². The van der Waals surface area contributed by atoms with E-state index in [-0.39, 0.29) is 0 Å². The van der Waals surface area contributed by atoms with Crippen LogP contribution in [0.2, 0.25) is 12.6 Å². The van der Waals surface area contributed by atoms with E-state index in [1.807, 2.05) is 0 Å². The molecule has 0 bridgehead atoms. The van der Waals surface area contributed by atoms with Crippen molar-refractivity contribution in [1.82, 2.24) is 0 Å². The Kier molecular flexibility index (Phi) is 4.96. The van der Waals surface area contributed by atoms with Crippen LogP contribution in [0.15, 0.2) is 0 Å². The molecule has 1 saturated heterocycles. The van der Waals surface area contributed by atoms with Crippen molar-refractivity contribution in [1.29, 1.82) is 0 Å². The minimum Gasteiger partial charge on any atom is -0.0936 e. The maximum absolute atomic E-state index is 2.36. The summed E-state index contributed by atoms with van der Waals surface area (Å²) in [6.45, 7) is 4.65. The molecule has 12 heavy (non-hydrogen) atoms. The van der Waals surface area contributed by atoms with Gasteiger partial charge in [-0.1, -0.05) is 54.5 Å². The third kappa shape index (κ3) is 2.92. The summed E-state index contributed by atoms with van der Waals surface area (Å²) < 4.78 is 0. The van der Waals surface area contributed by atoms with Crippen molar-refractivity contribution >= 4 is 28.9 Å². The maximum Gasteiger partial charge on any atom is 0.121 e. The second kappa shape index (κ2) is 5.49. The van der Waals surface area contributed by atoms with E-state index >= 15 is 0 Å². The third-order valence-electron chi connectivity index (χ3n) is 2.87. The summed E-state index contributed by atoms with van der Waals surface area (Å²) in [5, 5.41) is 0. The summed E-state index contributed by atoms with van der Waals surface area (Å²) in [5.41, 5.74) is 0.713. The zero-order valence-corrected chi connectivity index (χ0v) is 9.90. The van der Waals surface area contributed by atoms with Gasteiger partial charge < -0.3 is 0 Å². The molecule has 1 aliphatic rings. The molecule has 0 amide bonds. The lowest BCUT2D eigenvalue weighted by atomic mass is 9.60. The Morgan fingerprint density at radius 2 is 1.92 bits per heavy atom. The van der Waals surface area contributed by atoms with Crippen molar-refractivity contribution in [3.63, 3.8) is 0 Å². The molecule has 0 unspecified atom stereocenters. The Labute approximate surface area is 85.3 Å². The van der Waals surface area contributed by atoms with E-state index in [1.54, 1.807) is 0 Å². The quantitative estimate of drug-likeness (QED) is 0.380. The fraction of sp³-hybridized carbons (Fsp3) is 1.00. The Morgan fingerprint density at radius 3 is 2.42 bits per heavy atom. The van der Waals surface area contributed by atoms with Crippen LogP contribution in [0.4, 0.5) is 0 Å². The Balaban J connectivity index is 2.24. The first-order valence-corrected chi connectivity index (χ1v) is 7.56. The van der Waals surface area contributed by atoms with Crippen LogP contribution in [0, 0.1) is 5.41 Å². The SMILES string of the molecule is CCCBCC1(CC)CSSC1. The fourth-order valence-electron chi connectivity index (χ4n) is 1.65. The van der Waals surface area contributed by atoms with Crippen molar-refractivity contribution in [3.8, 4) is 0 Å². The molecule has 0 aliphatic carbocycles. The van der Waals surface area contributed by atoms with Gasteiger partial charge in [-0.2, -0.15) is 0 Å². The second-order valence-corrected chi connectivity index (χ2v) is 6.30. The van der Waals surface area contributed by atoms with E-state index < -0.39 is 0 Å². The predicted octanol–water partition coefficient (Wildman–Crippen LogP) is 3.46. The largest absolute Gasteiger partial charge is 0.121 e. The molecule has 0 nitrogen and oxygen atoms in total. The van der Waals surface area contributed by atoms with Gasteiger partial charge in [0, 0.05) is 11.5 Å². The average Bonchev–Trinajstić information content (AvgIpc) is 2.55. The first kappa shape index (κ1) is 10.8. The average molecular weight is 202 g/mol. The first-order valence-electron chi connectivity index (χ1n) is 5.07. The highest BCUT2D eigenvalue weighted by Gasteiger charge is 2.32. The Hall–Kier alpha value is 0.765. The molecule has 0 saturated carbocycles. The molecule has 0 aromatic rings. The molecule has 1 aliphatic heterocycles. The Bertz CT molecular complexity index is 122. The lowest BCUT2D eigenvalue weighted by molar-refractivity contribution is 0.421. The molecule has 1 heterocycles. The molecule has 1 fully saturated rings.